The third-order valence-corrected chi connectivity index (χ3v) is 7.61. The highest BCUT2D eigenvalue weighted by molar-refractivity contribution is 7.22. The van der Waals surface area contributed by atoms with Gasteiger partial charge in [-0.05, 0) is 66.6 Å². The van der Waals surface area contributed by atoms with Gasteiger partial charge < -0.3 is 19.3 Å². The van der Waals surface area contributed by atoms with Gasteiger partial charge in [0.25, 0.3) is 0 Å². The van der Waals surface area contributed by atoms with E-state index >= 15 is 0 Å². The molecule has 4 aromatic rings. The highest BCUT2D eigenvalue weighted by Crippen LogP contribution is 2.35. The Morgan fingerprint density at radius 3 is 2.53 bits per heavy atom. The molecule has 5 rings (SSSR count). The van der Waals surface area contributed by atoms with Gasteiger partial charge in [-0.2, -0.15) is 0 Å². The minimum atomic E-state index is 0.358. The Bertz CT molecular complexity index is 1220. The topological polar surface area (TPSA) is 37.8 Å². The van der Waals surface area contributed by atoms with Crippen molar-refractivity contribution in [2.24, 2.45) is 0 Å². The van der Waals surface area contributed by atoms with E-state index in [-0.39, 0.29) is 0 Å². The first-order chi connectivity index (χ1) is 17.6. The number of fused-ring (bicyclic) bond motifs is 2. The first-order valence-electron chi connectivity index (χ1n) is 12.8. The largest absolute Gasteiger partial charge is 0.497 e. The summed E-state index contributed by atoms with van der Waals surface area (Å²) in [4.78, 5) is 9.34. The molecule has 0 amide bonds. The maximum Gasteiger partial charge on any atom is 0.186 e. The first kappa shape index (κ1) is 26.0. The van der Waals surface area contributed by atoms with Crippen LogP contribution in [0.5, 0.6) is 11.5 Å². The van der Waals surface area contributed by atoms with Crippen LogP contribution in [0.15, 0.2) is 66.7 Å². The Morgan fingerprint density at radius 1 is 1.03 bits per heavy atom. The lowest BCUT2D eigenvalue weighted by atomic mass is 9.84. The number of thiazole rings is 1. The second-order valence-electron chi connectivity index (χ2n) is 8.97. The highest BCUT2D eigenvalue weighted by Gasteiger charge is 2.25. The van der Waals surface area contributed by atoms with Crippen molar-refractivity contribution in [3.8, 4) is 11.5 Å². The molecule has 2 heterocycles. The monoisotopic (exact) mass is 503 g/mol. The molecule has 0 bridgehead atoms. The number of para-hydroxylation sites is 1. The summed E-state index contributed by atoms with van der Waals surface area (Å²) >= 11 is 1.74. The van der Waals surface area contributed by atoms with Gasteiger partial charge in [0.1, 0.15) is 11.5 Å². The van der Waals surface area contributed by atoms with Crippen LogP contribution >= 0.6 is 11.3 Å². The van der Waals surface area contributed by atoms with Crippen molar-refractivity contribution in [2.75, 3.05) is 45.8 Å². The lowest BCUT2D eigenvalue weighted by Gasteiger charge is -2.33. The van der Waals surface area contributed by atoms with Crippen LogP contribution in [0, 0.1) is 0 Å². The zero-order valence-corrected chi connectivity index (χ0v) is 22.8. The van der Waals surface area contributed by atoms with Crippen molar-refractivity contribution in [3.05, 3.63) is 83.4 Å². The quantitative estimate of drug-likeness (QED) is 0.247. The third-order valence-electron chi connectivity index (χ3n) is 6.46. The Balaban J connectivity index is 0.00000148. The van der Waals surface area contributed by atoms with Gasteiger partial charge in [0.2, 0.25) is 0 Å². The molecule has 5 nitrogen and oxygen atoms in total. The van der Waals surface area contributed by atoms with E-state index in [1.165, 1.54) is 21.4 Å². The van der Waals surface area contributed by atoms with Crippen molar-refractivity contribution in [1.82, 2.24) is 9.88 Å². The van der Waals surface area contributed by atoms with E-state index in [9.17, 15) is 0 Å². The van der Waals surface area contributed by atoms with E-state index in [0.29, 0.717) is 12.5 Å². The number of rotatable bonds is 8. The zero-order valence-electron chi connectivity index (χ0n) is 22.0. The maximum atomic E-state index is 6.15. The average molecular weight is 504 g/mol. The summed E-state index contributed by atoms with van der Waals surface area (Å²) in [5.41, 5.74) is 5.13. The molecule has 36 heavy (non-hydrogen) atoms. The summed E-state index contributed by atoms with van der Waals surface area (Å²) in [7, 11) is 6.00. The van der Waals surface area contributed by atoms with Gasteiger partial charge in [-0.3, -0.25) is 0 Å². The van der Waals surface area contributed by atoms with Gasteiger partial charge in [0.05, 0.1) is 23.9 Å². The SMILES string of the molecule is CC.COc1ccc(C2CN(C)Cc3cc(OCCCN(C)c4nc5ccccc5s4)ccc32)cc1. The van der Waals surface area contributed by atoms with Crippen LogP contribution in [0.3, 0.4) is 0 Å². The van der Waals surface area contributed by atoms with Crippen LogP contribution in [-0.4, -0.2) is 50.8 Å². The minimum absolute atomic E-state index is 0.358. The fourth-order valence-corrected chi connectivity index (χ4v) is 5.60. The Labute approximate surface area is 219 Å². The summed E-state index contributed by atoms with van der Waals surface area (Å²) in [5.74, 6) is 2.20. The summed E-state index contributed by atoms with van der Waals surface area (Å²) < 4.78 is 12.7. The molecule has 0 spiro atoms. The fourth-order valence-electron chi connectivity index (χ4n) is 4.65. The number of hydrogen-bond acceptors (Lipinski definition) is 6. The Morgan fingerprint density at radius 2 is 1.78 bits per heavy atom. The lowest BCUT2D eigenvalue weighted by molar-refractivity contribution is 0.289. The molecule has 0 N–H and O–H groups in total. The summed E-state index contributed by atoms with van der Waals surface area (Å²) in [6.45, 7) is 7.55. The van der Waals surface area contributed by atoms with Crippen molar-refractivity contribution >= 4 is 26.7 Å². The number of aromatic nitrogens is 1. The summed E-state index contributed by atoms with van der Waals surface area (Å²) in [5, 5.41) is 1.06. The van der Waals surface area contributed by atoms with E-state index in [1.807, 2.05) is 32.0 Å². The van der Waals surface area contributed by atoms with Crippen molar-refractivity contribution in [2.45, 2.75) is 32.7 Å². The van der Waals surface area contributed by atoms with Crippen molar-refractivity contribution in [3.63, 3.8) is 0 Å². The molecule has 0 aliphatic carbocycles. The Hall–Kier alpha value is -3.09. The normalized spacial score (nSPS) is 15.1. The summed E-state index contributed by atoms with van der Waals surface area (Å²) in [6.07, 6.45) is 0.942. The molecule has 1 aromatic heterocycles. The number of benzene rings is 3. The smallest absolute Gasteiger partial charge is 0.186 e. The molecule has 0 fully saturated rings. The minimum Gasteiger partial charge on any atom is -0.497 e. The van der Waals surface area contributed by atoms with Gasteiger partial charge in [0, 0.05) is 32.6 Å². The molecular formula is C30H37N3O2S. The number of nitrogens with zero attached hydrogens (tertiary/aromatic N) is 3. The molecule has 1 unspecified atom stereocenters. The number of anilines is 1. The van der Waals surface area contributed by atoms with E-state index in [4.69, 9.17) is 14.5 Å². The summed E-state index contributed by atoms with van der Waals surface area (Å²) in [6, 6.07) is 23.3. The van der Waals surface area contributed by atoms with Gasteiger partial charge in [0.15, 0.2) is 5.13 Å². The molecule has 3 aromatic carbocycles. The maximum absolute atomic E-state index is 6.15. The van der Waals surface area contributed by atoms with Crippen LogP contribution in [0.4, 0.5) is 5.13 Å². The number of likely N-dealkylation sites (N-methyl/N-ethyl adjacent to an activating group) is 1. The van der Waals surface area contributed by atoms with Crippen LogP contribution in [0.1, 0.15) is 42.9 Å². The second kappa shape index (κ2) is 12.2. The third kappa shape index (κ3) is 6.00. The predicted molar refractivity (Wildman–Crippen MR) is 152 cm³/mol. The van der Waals surface area contributed by atoms with Crippen LogP contribution in [-0.2, 0) is 6.54 Å². The van der Waals surface area contributed by atoms with Crippen molar-refractivity contribution < 1.29 is 9.47 Å². The molecule has 0 radical (unpaired) electrons. The van der Waals surface area contributed by atoms with Crippen LogP contribution in [0.25, 0.3) is 10.2 Å². The zero-order chi connectivity index (χ0) is 25.5. The highest BCUT2D eigenvalue weighted by atomic mass is 32.1. The van der Waals surface area contributed by atoms with Gasteiger partial charge in [-0.25, -0.2) is 4.98 Å². The molecule has 0 saturated heterocycles. The molecule has 6 heteroatoms. The van der Waals surface area contributed by atoms with Gasteiger partial charge >= 0.3 is 0 Å². The van der Waals surface area contributed by atoms with E-state index in [2.05, 4.69) is 72.4 Å². The molecule has 0 saturated carbocycles. The van der Waals surface area contributed by atoms with E-state index < -0.39 is 0 Å². The molecule has 1 aliphatic rings. The number of hydrogen-bond donors (Lipinski definition) is 0. The van der Waals surface area contributed by atoms with E-state index in [1.54, 1.807) is 18.4 Å². The second-order valence-corrected chi connectivity index (χ2v) is 9.98. The van der Waals surface area contributed by atoms with E-state index in [0.717, 1.165) is 48.2 Å². The molecule has 190 valence electrons. The molecule has 1 atom stereocenters. The number of methoxy groups -OCH3 is 1. The number of ether oxygens (including phenoxy) is 2. The molecular weight excluding hydrogens is 466 g/mol. The van der Waals surface area contributed by atoms with Crippen LogP contribution < -0.4 is 14.4 Å². The van der Waals surface area contributed by atoms with Gasteiger partial charge in [-0.1, -0.05) is 55.5 Å². The molecule has 1 aliphatic heterocycles. The average Bonchev–Trinajstić information content (AvgIpc) is 3.36. The Kier molecular flexibility index (Phi) is 8.83. The standard InChI is InChI=1S/C28H31N3O2S.C2H6/c1-30-18-21-17-23(13-14-24(21)25(19-30)20-9-11-22(32-3)12-10-20)33-16-6-15-31(2)28-29-26-7-4-5-8-27(26)34-28;1-2/h4-5,7-14,17,25H,6,15-16,18-19H2,1-3H3;1-2H3. The van der Waals surface area contributed by atoms with Crippen molar-refractivity contribution in [1.29, 1.82) is 0 Å². The first-order valence-corrected chi connectivity index (χ1v) is 13.6. The van der Waals surface area contributed by atoms with Gasteiger partial charge in [-0.15, -0.1) is 0 Å². The lowest BCUT2D eigenvalue weighted by Crippen LogP contribution is -2.31. The van der Waals surface area contributed by atoms with Crippen LogP contribution in [0.2, 0.25) is 0 Å². The fraction of sp³-hybridized carbons (Fsp3) is 0.367. The predicted octanol–water partition coefficient (Wildman–Crippen LogP) is 6.81.